The molecule has 4 nitrogen and oxygen atoms in total. The molecule has 0 aliphatic heterocycles. The number of hydrogen-bond donors (Lipinski definition) is 2. The van der Waals surface area contributed by atoms with Gasteiger partial charge in [0.15, 0.2) is 0 Å². The van der Waals surface area contributed by atoms with Crippen LogP contribution in [-0.4, -0.2) is 21.0 Å². The molecule has 2 aromatic heterocycles. The number of aromatic nitrogens is 2. The van der Waals surface area contributed by atoms with Crippen LogP contribution in [-0.2, 0) is 0 Å². The third kappa shape index (κ3) is 1.87. The summed E-state index contributed by atoms with van der Waals surface area (Å²) in [5.74, 6) is -0.964. The van der Waals surface area contributed by atoms with Crippen LogP contribution in [0.15, 0.2) is 42.7 Å². The molecule has 0 aliphatic carbocycles. The number of carboxylic acids is 1. The molecule has 0 atom stereocenters. The van der Waals surface area contributed by atoms with Crippen molar-refractivity contribution < 1.29 is 9.90 Å². The molecule has 19 heavy (non-hydrogen) atoms. The first-order valence-corrected chi connectivity index (χ1v) is 5.93. The Morgan fingerprint density at radius 3 is 2.79 bits per heavy atom. The fraction of sp³-hybridized carbons (Fsp3) is 0.0667. The van der Waals surface area contributed by atoms with Crippen LogP contribution in [0.5, 0.6) is 0 Å². The van der Waals surface area contributed by atoms with Gasteiger partial charge in [0, 0.05) is 28.9 Å². The molecular weight excluding hydrogens is 240 g/mol. The first-order valence-electron chi connectivity index (χ1n) is 5.93. The Labute approximate surface area is 109 Å². The van der Waals surface area contributed by atoms with Crippen molar-refractivity contribution in [3.8, 4) is 11.3 Å². The van der Waals surface area contributed by atoms with Crippen LogP contribution in [0, 0.1) is 6.92 Å². The molecule has 0 bridgehead atoms. The first kappa shape index (κ1) is 11.5. The fourth-order valence-corrected chi connectivity index (χ4v) is 2.20. The van der Waals surface area contributed by atoms with Gasteiger partial charge in [-0.1, -0.05) is 18.2 Å². The van der Waals surface area contributed by atoms with E-state index in [1.807, 2.05) is 31.3 Å². The number of para-hydroxylation sites is 1. The molecule has 0 fully saturated rings. The average Bonchev–Trinajstić information content (AvgIpc) is 2.84. The number of hydrogen-bond acceptors (Lipinski definition) is 2. The summed E-state index contributed by atoms with van der Waals surface area (Å²) in [6, 6.07) is 9.37. The lowest BCUT2D eigenvalue weighted by molar-refractivity contribution is 0.0696. The Balaban J connectivity index is 2.14. The summed E-state index contributed by atoms with van der Waals surface area (Å²) in [6.45, 7) is 2.05. The zero-order valence-corrected chi connectivity index (χ0v) is 10.3. The lowest BCUT2D eigenvalue weighted by Gasteiger charge is -2.00. The van der Waals surface area contributed by atoms with E-state index < -0.39 is 5.97 Å². The van der Waals surface area contributed by atoms with Gasteiger partial charge >= 0.3 is 5.97 Å². The van der Waals surface area contributed by atoms with Crippen molar-refractivity contribution >= 4 is 16.9 Å². The standard InChI is InChI=1S/C15H12N2O2/c1-9-3-2-4-11-12(8-17-14(9)11)13-6-5-10(7-16-13)15(18)19/h2-8,17H,1H3,(H,18,19). The van der Waals surface area contributed by atoms with Gasteiger partial charge in [0.2, 0.25) is 0 Å². The molecular formula is C15H12N2O2. The van der Waals surface area contributed by atoms with Gasteiger partial charge in [0.1, 0.15) is 0 Å². The van der Waals surface area contributed by atoms with Gasteiger partial charge in [0.25, 0.3) is 0 Å². The number of aromatic amines is 1. The molecule has 0 spiro atoms. The quantitative estimate of drug-likeness (QED) is 0.735. The van der Waals surface area contributed by atoms with Crippen molar-refractivity contribution in [2.45, 2.75) is 6.92 Å². The third-order valence-corrected chi connectivity index (χ3v) is 3.21. The minimum absolute atomic E-state index is 0.194. The Morgan fingerprint density at radius 1 is 1.26 bits per heavy atom. The Morgan fingerprint density at radius 2 is 2.11 bits per heavy atom. The third-order valence-electron chi connectivity index (χ3n) is 3.21. The maximum atomic E-state index is 10.8. The Kier molecular flexibility index (Phi) is 2.56. The number of carbonyl (C=O) groups is 1. The van der Waals surface area contributed by atoms with Crippen LogP contribution in [0.2, 0.25) is 0 Å². The zero-order chi connectivity index (χ0) is 13.4. The molecule has 94 valence electrons. The molecule has 0 aliphatic rings. The summed E-state index contributed by atoms with van der Waals surface area (Å²) in [5, 5.41) is 9.96. The number of H-pyrrole nitrogens is 1. The smallest absolute Gasteiger partial charge is 0.337 e. The van der Waals surface area contributed by atoms with Gasteiger partial charge in [-0.05, 0) is 24.6 Å². The van der Waals surface area contributed by atoms with Gasteiger partial charge in [-0.25, -0.2) is 4.79 Å². The van der Waals surface area contributed by atoms with Gasteiger partial charge in [0.05, 0.1) is 11.3 Å². The van der Waals surface area contributed by atoms with E-state index in [-0.39, 0.29) is 5.56 Å². The molecule has 0 unspecified atom stereocenters. The predicted octanol–water partition coefficient (Wildman–Crippen LogP) is 3.24. The summed E-state index contributed by atoms with van der Waals surface area (Å²) < 4.78 is 0. The minimum Gasteiger partial charge on any atom is -0.478 e. The highest BCUT2D eigenvalue weighted by Crippen LogP contribution is 2.28. The summed E-state index contributed by atoms with van der Waals surface area (Å²) >= 11 is 0. The molecule has 2 N–H and O–H groups in total. The lowest BCUT2D eigenvalue weighted by Crippen LogP contribution is -1.96. The molecule has 0 amide bonds. The van der Waals surface area contributed by atoms with Gasteiger partial charge in [-0.15, -0.1) is 0 Å². The number of rotatable bonds is 2. The van der Waals surface area contributed by atoms with E-state index >= 15 is 0 Å². The number of pyridine rings is 1. The van der Waals surface area contributed by atoms with E-state index in [4.69, 9.17) is 5.11 Å². The van der Waals surface area contributed by atoms with Crippen LogP contribution < -0.4 is 0 Å². The highest BCUT2D eigenvalue weighted by molar-refractivity contribution is 5.96. The molecule has 0 saturated carbocycles. The van der Waals surface area contributed by atoms with Crippen LogP contribution in [0.1, 0.15) is 15.9 Å². The Hall–Kier alpha value is -2.62. The largest absolute Gasteiger partial charge is 0.478 e. The van der Waals surface area contributed by atoms with E-state index in [9.17, 15) is 4.79 Å². The van der Waals surface area contributed by atoms with Crippen molar-refractivity contribution in [1.82, 2.24) is 9.97 Å². The van der Waals surface area contributed by atoms with Crippen molar-refractivity contribution in [1.29, 1.82) is 0 Å². The minimum atomic E-state index is -0.964. The number of benzene rings is 1. The van der Waals surface area contributed by atoms with E-state index in [0.29, 0.717) is 0 Å². The maximum absolute atomic E-state index is 10.8. The SMILES string of the molecule is Cc1cccc2c(-c3ccc(C(=O)O)cn3)c[nH]c12. The molecule has 4 heteroatoms. The van der Waals surface area contributed by atoms with Crippen molar-refractivity contribution in [2.24, 2.45) is 0 Å². The van der Waals surface area contributed by atoms with Crippen LogP contribution in [0.4, 0.5) is 0 Å². The highest BCUT2D eigenvalue weighted by atomic mass is 16.4. The summed E-state index contributed by atoms with van der Waals surface area (Å²) in [6.07, 6.45) is 3.28. The number of nitrogens with zero attached hydrogens (tertiary/aromatic N) is 1. The summed E-state index contributed by atoms with van der Waals surface area (Å²) in [4.78, 5) is 18.3. The normalized spacial score (nSPS) is 10.8. The monoisotopic (exact) mass is 252 g/mol. The second-order valence-corrected chi connectivity index (χ2v) is 4.44. The van der Waals surface area contributed by atoms with Crippen LogP contribution >= 0.6 is 0 Å². The van der Waals surface area contributed by atoms with Crippen molar-refractivity contribution in [2.75, 3.05) is 0 Å². The number of aromatic carboxylic acids is 1. The van der Waals surface area contributed by atoms with Crippen molar-refractivity contribution in [3.05, 3.63) is 53.9 Å². The van der Waals surface area contributed by atoms with Crippen LogP contribution in [0.25, 0.3) is 22.2 Å². The number of carboxylic acid groups (broad SMARTS) is 1. The molecule has 0 radical (unpaired) electrons. The van der Waals surface area contributed by atoms with Gasteiger partial charge in [-0.2, -0.15) is 0 Å². The van der Waals surface area contributed by atoms with Crippen LogP contribution in [0.3, 0.4) is 0 Å². The molecule has 1 aromatic carbocycles. The van der Waals surface area contributed by atoms with E-state index in [2.05, 4.69) is 9.97 Å². The number of nitrogens with one attached hydrogen (secondary N) is 1. The van der Waals surface area contributed by atoms with E-state index in [1.165, 1.54) is 11.8 Å². The second-order valence-electron chi connectivity index (χ2n) is 4.44. The molecule has 0 saturated heterocycles. The number of aryl methyl sites for hydroxylation is 1. The predicted molar refractivity (Wildman–Crippen MR) is 73.2 cm³/mol. The zero-order valence-electron chi connectivity index (χ0n) is 10.3. The average molecular weight is 252 g/mol. The highest BCUT2D eigenvalue weighted by Gasteiger charge is 2.09. The van der Waals surface area contributed by atoms with Crippen molar-refractivity contribution in [3.63, 3.8) is 0 Å². The summed E-state index contributed by atoms with van der Waals surface area (Å²) in [7, 11) is 0. The van der Waals surface area contributed by atoms with E-state index in [1.54, 1.807) is 12.1 Å². The Bertz CT molecular complexity index is 757. The maximum Gasteiger partial charge on any atom is 0.337 e. The molecule has 3 aromatic rings. The number of fused-ring (bicyclic) bond motifs is 1. The van der Waals surface area contributed by atoms with Gasteiger partial charge < -0.3 is 10.1 Å². The first-order chi connectivity index (χ1) is 9.16. The second kappa shape index (κ2) is 4.24. The van der Waals surface area contributed by atoms with E-state index in [0.717, 1.165) is 22.2 Å². The summed E-state index contributed by atoms with van der Waals surface area (Å²) in [5.41, 5.74) is 4.20. The molecule has 3 rings (SSSR count). The lowest BCUT2D eigenvalue weighted by atomic mass is 10.1. The fourth-order valence-electron chi connectivity index (χ4n) is 2.20. The topological polar surface area (TPSA) is 66.0 Å². The molecule has 2 heterocycles. The van der Waals surface area contributed by atoms with Gasteiger partial charge in [-0.3, -0.25) is 4.98 Å².